The van der Waals surface area contributed by atoms with Crippen LogP contribution in [0.2, 0.25) is 0 Å². The van der Waals surface area contributed by atoms with Crippen molar-refractivity contribution in [2.45, 2.75) is 39.0 Å². The van der Waals surface area contributed by atoms with E-state index in [4.69, 9.17) is 14.2 Å². The first-order valence-corrected chi connectivity index (χ1v) is 10.1. The zero-order valence-electron chi connectivity index (χ0n) is 17.4. The number of hydrogen-bond acceptors (Lipinski definition) is 3. The van der Waals surface area contributed by atoms with E-state index in [0.717, 1.165) is 25.7 Å². The highest BCUT2D eigenvalue weighted by molar-refractivity contribution is 5.52. The molecule has 0 amide bonds. The van der Waals surface area contributed by atoms with E-state index in [9.17, 15) is 13.2 Å². The summed E-state index contributed by atoms with van der Waals surface area (Å²) in [6.07, 6.45) is 8.50. The first-order chi connectivity index (χ1) is 14.3. The molecule has 3 nitrogen and oxygen atoms in total. The molecule has 0 aromatic heterocycles. The lowest BCUT2D eigenvalue weighted by molar-refractivity contribution is 0.187. The molecular formula is C24H27F3O3. The molecule has 0 N–H and O–H groups in total. The lowest BCUT2D eigenvalue weighted by Crippen LogP contribution is -2.20. The third-order valence-corrected chi connectivity index (χ3v) is 5.66. The second-order valence-corrected chi connectivity index (χ2v) is 7.76. The summed E-state index contributed by atoms with van der Waals surface area (Å²) in [6, 6.07) is 1.41. The van der Waals surface area contributed by atoms with E-state index in [1.165, 1.54) is 13.2 Å². The molecule has 6 heteroatoms. The minimum atomic E-state index is -1.21. The fourth-order valence-electron chi connectivity index (χ4n) is 3.91. The first-order valence-electron chi connectivity index (χ1n) is 10.1. The van der Waals surface area contributed by atoms with Gasteiger partial charge in [-0.1, -0.05) is 25.3 Å². The highest BCUT2D eigenvalue weighted by Crippen LogP contribution is 2.41. The van der Waals surface area contributed by atoms with Crippen molar-refractivity contribution < 1.29 is 27.4 Å². The second kappa shape index (κ2) is 9.45. The van der Waals surface area contributed by atoms with Crippen molar-refractivity contribution in [1.29, 1.82) is 0 Å². The van der Waals surface area contributed by atoms with Crippen LogP contribution in [0.3, 0.4) is 0 Å². The van der Waals surface area contributed by atoms with Crippen molar-refractivity contribution >= 4 is 0 Å². The summed E-state index contributed by atoms with van der Waals surface area (Å²) in [5.41, 5.74) is 0.628. The van der Waals surface area contributed by atoms with Crippen LogP contribution in [-0.4, -0.2) is 13.7 Å². The monoisotopic (exact) mass is 420 g/mol. The van der Waals surface area contributed by atoms with Gasteiger partial charge in [0.1, 0.15) is 0 Å². The van der Waals surface area contributed by atoms with Crippen LogP contribution in [-0.2, 0) is 11.2 Å². The Balaban J connectivity index is 1.75. The molecule has 3 rings (SSSR count). The number of hydrogen-bond donors (Lipinski definition) is 0. The molecule has 0 unspecified atom stereocenters. The van der Waals surface area contributed by atoms with Gasteiger partial charge in [0.05, 0.1) is 13.7 Å². The summed E-state index contributed by atoms with van der Waals surface area (Å²) in [4.78, 5) is 0. The quantitative estimate of drug-likeness (QED) is 0.385. The molecule has 0 radical (unpaired) electrons. The number of allylic oxidation sites excluding steroid dienone is 4. The van der Waals surface area contributed by atoms with Gasteiger partial charge in [0.2, 0.25) is 17.5 Å². The molecule has 1 aliphatic carbocycles. The maximum Gasteiger partial charge on any atom is 0.207 e. The number of rotatable bonds is 6. The highest BCUT2D eigenvalue weighted by atomic mass is 19.2. The van der Waals surface area contributed by atoms with Crippen LogP contribution in [0.15, 0.2) is 54.3 Å². The molecule has 0 saturated heterocycles. The Morgan fingerprint density at radius 3 is 2.57 bits per heavy atom. The van der Waals surface area contributed by atoms with Crippen molar-refractivity contribution in [3.05, 3.63) is 71.5 Å². The van der Waals surface area contributed by atoms with E-state index < -0.39 is 17.5 Å². The molecule has 1 aromatic carbocycles. The summed E-state index contributed by atoms with van der Waals surface area (Å²) < 4.78 is 59.3. The molecule has 2 aliphatic rings. The third-order valence-electron chi connectivity index (χ3n) is 5.66. The van der Waals surface area contributed by atoms with Gasteiger partial charge in [-0.05, 0) is 56.1 Å². The minimum Gasteiger partial charge on any atom is -0.494 e. The van der Waals surface area contributed by atoms with E-state index >= 15 is 0 Å². The second-order valence-electron chi connectivity index (χ2n) is 7.76. The summed E-state index contributed by atoms with van der Waals surface area (Å²) in [6.45, 7) is 9.52. The number of methoxy groups -OCH3 is 1. The molecule has 1 aliphatic heterocycles. The zero-order chi connectivity index (χ0) is 21.8. The molecule has 1 saturated carbocycles. The molecule has 1 fully saturated rings. The maximum absolute atomic E-state index is 14.7. The van der Waals surface area contributed by atoms with Gasteiger partial charge in [-0.3, -0.25) is 0 Å². The molecule has 0 spiro atoms. The Morgan fingerprint density at radius 2 is 1.93 bits per heavy atom. The SMILES string of the molecule is C=C(OC)/C(F)=C1/Oc2c(cc(OCC3CCC(/C=C/C)CC3)c(F)c2F)CC1=C. The Bertz CT molecular complexity index is 893. The Kier molecular flexibility index (Phi) is 6.95. The van der Waals surface area contributed by atoms with E-state index in [2.05, 4.69) is 25.3 Å². The lowest BCUT2D eigenvalue weighted by atomic mass is 9.82. The molecule has 0 bridgehead atoms. The molecule has 30 heavy (non-hydrogen) atoms. The van der Waals surface area contributed by atoms with Crippen LogP contribution in [0, 0.1) is 23.5 Å². The fourth-order valence-corrected chi connectivity index (χ4v) is 3.91. The van der Waals surface area contributed by atoms with Gasteiger partial charge in [-0.2, -0.15) is 13.2 Å². The highest BCUT2D eigenvalue weighted by Gasteiger charge is 2.30. The predicted octanol–water partition coefficient (Wildman–Crippen LogP) is 6.56. The Labute approximate surface area is 175 Å². The molecular weight excluding hydrogens is 393 g/mol. The molecule has 1 heterocycles. The third kappa shape index (κ3) is 4.58. The number of halogens is 3. The fraction of sp³-hybridized carbons (Fsp3) is 0.417. The normalized spacial score (nSPS) is 23.0. The van der Waals surface area contributed by atoms with E-state index in [1.807, 2.05) is 6.92 Å². The van der Waals surface area contributed by atoms with Crippen LogP contribution in [0.4, 0.5) is 13.2 Å². The van der Waals surface area contributed by atoms with E-state index in [1.54, 1.807) is 0 Å². The summed E-state index contributed by atoms with van der Waals surface area (Å²) in [7, 11) is 1.25. The minimum absolute atomic E-state index is 0.0943. The number of benzene rings is 1. The van der Waals surface area contributed by atoms with Crippen LogP contribution in [0.5, 0.6) is 11.5 Å². The molecule has 0 atom stereocenters. The molecule has 162 valence electrons. The Hall–Kier alpha value is -2.63. The van der Waals surface area contributed by atoms with Crippen LogP contribution in [0.1, 0.15) is 38.2 Å². The van der Waals surface area contributed by atoms with Crippen LogP contribution < -0.4 is 9.47 Å². The lowest BCUT2D eigenvalue weighted by Gasteiger charge is -2.27. The molecule has 1 aromatic rings. The Morgan fingerprint density at radius 1 is 1.23 bits per heavy atom. The zero-order valence-corrected chi connectivity index (χ0v) is 17.4. The van der Waals surface area contributed by atoms with Crippen LogP contribution >= 0.6 is 0 Å². The van der Waals surface area contributed by atoms with Gasteiger partial charge in [0.15, 0.2) is 23.0 Å². The van der Waals surface area contributed by atoms with Gasteiger partial charge in [-0.25, -0.2) is 0 Å². The number of ether oxygens (including phenoxy) is 3. The average molecular weight is 420 g/mol. The predicted molar refractivity (Wildman–Crippen MR) is 110 cm³/mol. The summed E-state index contributed by atoms with van der Waals surface area (Å²) >= 11 is 0. The van der Waals surface area contributed by atoms with Gasteiger partial charge in [0, 0.05) is 12.0 Å². The van der Waals surface area contributed by atoms with Crippen molar-refractivity contribution in [3.63, 3.8) is 0 Å². The summed E-state index contributed by atoms with van der Waals surface area (Å²) in [5, 5.41) is 0. The smallest absolute Gasteiger partial charge is 0.207 e. The van der Waals surface area contributed by atoms with Crippen molar-refractivity contribution in [2.75, 3.05) is 13.7 Å². The van der Waals surface area contributed by atoms with Gasteiger partial charge < -0.3 is 14.2 Å². The van der Waals surface area contributed by atoms with E-state index in [-0.39, 0.29) is 35.0 Å². The van der Waals surface area contributed by atoms with Gasteiger partial charge in [0.25, 0.3) is 0 Å². The van der Waals surface area contributed by atoms with Crippen molar-refractivity contribution in [3.8, 4) is 11.5 Å². The standard InChI is InChI=1S/C24H27F3O3/c1-5-6-16-7-9-17(10-8-16)13-29-19-12-18-11-14(2)23(20(25)15(3)28-4)30-24(18)22(27)21(19)26/h5-6,12,16-17H,2-3,7-11,13H2,1,4H3/b6-5+,23-20-. The van der Waals surface area contributed by atoms with Crippen molar-refractivity contribution in [2.24, 2.45) is 11.8 Å². The van der Waals surface area contributed by atoms with Gasteiger partial charge >= 0.3 is 0 Å². The largest absolute Gasteiger partial charge is 0.494 e. The maximum atomic E-state index is 14.7. The van der Waals surface area contributed by atoms with Crippen molar-refractivity contribution in [1.82, 2.24) is 0 Å². The van der Waals surface area contributed by atoms with E-state index in [0.29, 0.717) is 24.0 Å². The summed E-state index contributed by atoms with van der Waals surface area (Å²) in [5.74, 6) is -3.47. The average Bonchev–Trinajstić information content (AvgIpc) is 2.75. The first kappa shape index (κ1) is 22.1. The number of fused-ring (bicyclic) bond motifs is 1. The van der Waals surface area contributed by atoms with Crippen LogP contribution in [0.25, 0.3) is 0 Å². The van der Waals surface area contributed by atoms with Gasteiger partial charge in [-0.15, -0.1) is 0 Å². The topological polar surface area (TPSA) is 27.7 Å².